The van der Waals surface area contributed by atoms with E-state index < -0.39 is 11.8 Å². The van der Waals surface area contributed by atoms with E-state index in [1.54, 1.807) is 21.9 Å². The van der Waals surface area contributed by atoms with E-state index >= 15 is 0 Å². The molecular weight excluding hydrogens is 373 g/mol. The minimum atomic E-state index is -0.501. The first-order valence-electron chi connectivity index (χ1n) is 9.95. The van der Waals surface area contributed by atoms with Crippen LogP contribution in [0.1, 0.15) is 24.3 Å². The van der Waals surface area contributed by atoms with Crippen LogP contribution in [0.25, 0.3) is 0 Å². The molecule has 2 aromatic rings. The lowest BCUT2D eigenvalue weighted by Gasteiger charge is -2.59. The molecule has 2 heterocycles. The number of hydrogen-bond donors (Lipinski definition) is 2. The number of carbonyl (C=O) groups is 2. The third-order valence-electron chi connectivity index (χ3n) is 6.23. The number of urea groups is 1. The van der Waals surface area contributed by atoms with Gasteiger partial charge in [-0.25, -0.2) is 9.18 Å². The molecule has 3 aliphatic rings. The molecule has 1 saturated carbocycles. The summed E-state index contributed by atoms with van der Waals surface area (Å²) in [5.74, 6) is -0.392. The number of nitrogens with one attached hydrogen (secondary N) is 1. The summed E-state index contributed by atoms with van der Waals surface area (Å²) in [6.07, 6.45) is 1.78. The Balaban J connectivity index is 1.47. The van der Waals surface area contributed by atoms with Crippen molar-refractivity contribution in [1.82, 2.24) is 4.90 Å². The molecule has 2 N–H and O–H groups in total. The van der Waals surface area contributed by atoms with Gasteiger partial charge in [0.25, 0.3) is 0 Å². The average Bonchev–Trinajstić information content (AvgIpc) is 3.55. The summed E-state index contributed by atoms with van der Waals surface area (Å²) in [7, 11) is 0. The zero-order valence-corrected chi connectivity index (χ0v) is 15.8. The Morgan fingerprint density at radius 2 is 1.83 bits per heavy atom. The predicted molar refractivity (Wildman–Crippen MR) is 106 cm³/mol. The van der Waals surface area contributed by atoms with Crippen LogP contribution in [0.4, 0.5) is 20.6 Å². The van der Waals surface area contributed by atoms with Crippen LogP contribution in [0.3, 0.4) is 0 Å². The van der Waals surface area contributed by atoms with Crippen molar-refractivity contribution in [3.05, 3.63) is 59.9 Å². The van der Waals surface area contributed by atoms with E-state index in [9.17, 15) is 19.1 Å². The summed E-state index contributed by atoms with van der Waals surface area (Å²) in [5.41, 5.74) is 1.79. The maximum Gasteiger partial charge on any atom is 0.326 e. The van der Waals surface area contributed by atoms with E-state index in [1.165, 1.54) is 12.1 Å². The number of anilines is 2. The van der Waals surface area contributed by atoms with Crippen LogP contribution in [-0.4, -0.2) is 47.2 Å². The topological polar surface area (TPSA) is 72.9 Å². The lowest BCUT2D eigenvalue weighted by Crippen LogP contribution is -2.71. The molecule has 3 atom stereocenters. The average molecular weight is 395 g/mol. The van der Waals surface area contributed by atoms with Crippen LogP contribution in [0.15, 0.2) is 48.5 Å². The Kier molecular flexibility index (Phi) is 4.28. The molecule has 0 unspecified atom stereocenters. The van der Waals surface area contributed by atoms with Gasteiger partial charge in [0.2, 0.25) is 5.91 Å². The molecule has 150 valence electrons. The Labute approximate surface area is 167 Å². The maximum atomic E-state index is 14.0. The van der Waals surface area contributed by atoms with Crippen molar-refractivity contribution in [2.75, 3.05) is 23.4 Å². The maximum absolute atomic E-state index is 14.0. The first-order valence-corrected chi connectivity index (χ1v) is 9.95. The third-order valence-corrected chi connectivity index (χ3v) is 6.23. The number of amides is 3. The molecule has 5 rings (SSSR count). The second-order valence-electron chi connectivity index (χ2n) is 7.94. The number of aliphatic hydroxyl groups excluding tert-OH is 1. The smallest absolute Gasteiger partial charge is 0.326 e. The fourth-order valence-corrected chi connectivity index (χ4v) is 4.67. The van der Waals surface area contributed by atoms with Crippen molar-refractivity contribution in [3.63, 3.8) is 0 Å². The quantitative estimate of drug-likeness (QED) is 0.839. The van der Waals surface area contributed by atoms with E-state index in [0.717, 1.165) is 24.1 Å². The number of para-hydroxylation sites is 2. The fourth-order valence-electron chi connectivity index (χ4n) is 4.67. The molecule has 2 fully saturated rings. The lowest BCUT2D eigenvalue weighted by molar-refractivity contribution is -0.151. The number of likely N-dealkylation sites (tertiary alicyclic amines) is 1. The van der Waals surface area contributed by atoms with Gasteiger partial charge in [-0.15, -0.1) is 0 Å². The van der Waals surface area contributed by atoms with Gasteiger partial charge >= 0.3 is 6.03 Å². The van der Waals surface area contributed by atoms with Crippen molar-refractivity contribution in [2.45, 2.75) is 30.8 Å². The van der Waals surface area contributed by atoms with E-state index in [-0.39, 0.29) is 42.1 Å². The molecule has 1 aliphatic carbocycles. The first kappa shape index (κ1) is 18.1. The van der Waals surface area contributed by atoms with Gasteiger partial charge in [0.1, 0.15) is 5.82 Å². The zero-order chi connectivity index (χ0) is 20.1. The SMILES string of the molecule is O=C(Nc1ccccc1F)N1C[C@H]2[C@@H](c3ccccc31)[C@H](CO)N2C(=O)C1CC1. The van der Waals surface area contributed by atoms with E-state index in [2.05, 4.69) is 5.32 Å². The Morgan fingerprint density at radius 1 is 1.10 bits per heavy atom. The molecule has 0 radical (unpaired) electrons. The van der Waals surface area contributed by atoms with Gasteiger partial charge in [0.05, 0.1) is 24.4 Å². The van der Waals surface area contributed by atoms with Gasteiger partial charge in [-0.1, -0.05) is 30.3 Å². The summed E-state index contributed by atoms with van der Waals surface area (Å²) in [6, 6.07) is 12.7. The summed E-state index contributed by atoms with van der Waals surface area (Å²) in [4.78, 5) is 29.1. The van der Waals surface area contributed by atoms with Crippen LogP contribution < -0.4 is 10.2 Å². The molecule has 29 heavy (non-hydrogen) atoms. The number of rotatable bonds is 3. The second kappa shape index (κ2) is 6.84. The van der Waals surface area contributed by atoms with E-state index in [4.69, 9.17) is 0 Å². The van der Waals surface area contributed by atoms with Gasteiger partial charge in [0.15, 0.2) is 0 Å². The largest absolute Gasteiger partial charge is 0.394 e. The minimum Gasteiger partial charge on any atom is -0.394 e. The number of nitrogens with zero attached hydrogens (tertiary/aromatic N) is 2. The number of aliphatic hydroxyl groups is 1. The number of halogens is 1. The second-order valence-corrected chi connectivity index (χ2v) is 7.94. The Bertz CT molecular complexity index is 977. The highest BCUT2D eigenvalue weighted by atomic mass is 19.1. The van der Waals surface area contributed by atoms with Gasteiger partial charge in [-0.2, -0.15) is 0 Å². The molecule has 0 spiro atoms. The lowest BCUT2D eigenvalue weighted by atomic mass is 9.71. The minimum absolute atomic E-state index is 0.00332. The van der Waals surface area contributed by atoms with E-state index in [1.807, 2.05) is 24.3 Å². The zero-order valence-electron chi connectivity index (χ0n) is 15.8. The fraction of sp³-hybridized carbons (Fsp3) is 0.364. The van der Waals surface area contributed by atoms with Crippen molar-refractivity contribution >= 4 is 23.3 Å². The van der Waals surface area contributed by atoms with Crippen molar-refractivity contribution in [2.24, 2.45) is 5.92 Å². The van der Waals surface area contributed by atoms with Crippen molar-refractivity contribution < 1.29 is 19.1 Å². The first-order chi connectivity index (χ1) is 14.1. The molecule has 0 aromatic heterocycles. The summed E-state index contributed by atoms with van der Waals surface area (Å²) in [6.45, 7) is 0.215. The van der Waals surface area contributed by atoms with Crippen LogP contribution in [0, 0.1) is 11.7 Å². The Hall–Kier alpha value is -2.93. The van der Waals surface area contributed by atoms with Gasteiger partial charge in [-0.05, 0) is 36.6 Å². The molecule has 6 nitrogen and oxygen atoms in total. The monoisotopic (exact) mass is 395 g/mol. The van der Waals surface area contributed by atoms with Crippen molar-refractivity contribution in [3.8, 4) is 0 Å². The predicted octanol–water partition coefficient (Wildman–Crippen LogP) is 2.94. The number of carbonyl (C=O) groups excluding carboxylic acids is 2. The summed E-state index contributed by atoms with van der Waals surface area (Å²) in [5, 5.41) is 12.6. The molecule has 1 saturated heterocycles. The number of benzene rings is 2. The van der Waals surface area contributed by atoms with Gasteiger partial charge in [-0.3, -0.25) is 9.69 Å². The van der Waals surface area contributed by atoms with Crippen LogP contribution >= 0.6 is 0 Å². The highest BCUT2D eigenvalue weighted by molar-refractivity contribution is 6.03. The number of hydrogen-bond acceptors (Lipinski definition) is 3. The summed E-state index contributed by atoms with van der Waals surface area (Å²) < 4.78 is 14.0. The molecule has 2 aliphatic heterocycles. The van der Waals surface area contributed by atoms with Crippen LogP contribution in [0.5, 0.6) is 0 Å². The molecular formula is C22H22FN3O3. The van der Waals surface area contributed by atoms with E-state index in [0.29, 0.717) is 6.54 Å². The molecule has 7 heteroatoms. The van der Waals surface area contributed by atoms with Gasteiger partial charge < -0.3 is 15.3 Å². The highest BCUT2D eigenvalue weighted by Crippen LogP contribution is 2.50. The molecule has 0 bridgehead atoms. The Morgan fingerprint density at radius 3 is 2.55 bits per heavy atom. The normalized spacial score (nSPS) is 25.0. The molecule has 3 amide bonds. The van der Waals surface area contributed by atoms with Crippen molar-refractivity contribution in [1.29, 1.82) is 0 Å². The third kappa shape index (κ3) is 2.88. The highest BCUT2D eigenvalue weighted by Gasteiger charge is 2.57. The van der Waals surface area contributed by atoms with Gasteiger partial charge in [0, 0.05) is 24.1 Å². The van der Waals surface area contributed by atoms with Crippen LogP contribution in [0.2, 0.25) is 0 Å². The summed E-state index contributed by atoms with van der Waals surface area (Å²) >= 11 is 0. The molecule has 2 aromatic carbocycles. The van der Waals surface area contributed by atoms with Crippen LogP contribution in [-0.2, 0) is 4.79 Å². The standard InChI is InChI=1S/C22H22FN3O3/c23-15-6-2-3-7-16(15)24-22(29)25-11-18-20(14-5-1-4-8-17(14)25)19(12-27)26(18)21(28)13-9-10-13/h1-8,13,18-20,27H,9-12H2,(H,24,29)/t18-,19-,20+/m0/s1. The number of fused-ring (bicyclic) bond motifs is 3.